The van der Waals surface area contributed by atoms with Crippen molar-refractivity contribution in [1.29, 1.82) is 0 Å². The summed E-state index contributed by atoms with van der Waals surface area (Å²) in [7, 11) is -17.0. The average molecular weight is 751 g/mol. The average Bonchev–Trinajstić information content (AvgIpc) is 3.39. The van der Waals surface area contributed by atoms with Crippen molar-refractivity contribution in [2.75, 3.05) is 25.7 Å². The molecule has 0 bridgehead atoms. The van der Waals surface area contributed by atoms with Crippen LogP contribution in [-0.4, -0.2) is 72.4 Å². The number of nitrogens with zero attached hydrogens (tertiary/aromatic N) is 8. The number of phenols is 1. The maximum atomic E-state index is 12.7. The molecule has 0 spiro atoms. The highest BCUT2D eigenvalue weighted by Crippen LogP contribution is 2.66. The van der Waals surface area contributed by atoms with E-state index in [2.05, 4.69) is 50.0 Å². The molecular weight excluding hydrogens is 727 g/mol. The molecule has 2 heterocycles. The van der Waals surface area contributed by atoms with Gasteiger partial charge in [0.2, 0.25) is 0 Å². The monoisotopic (exact) mass is 751 g/mol. The largest absolute Gasteiger partial charge is 0.508 e. The van der Waals surface area contributed by atoms with Crippen molar-refractivity contribution >= 4 is 35.3 Å². The smallest absolute Gasteiger partial charge is 0.490 e. The molecule has 1 aromatic carbocycles. The van der Waals surface area contributed by atoms with E-state index in [1.165, 1.54) is 18.2 Å². The minimum Gasteiger partial charge on any atom is -0.508 e. The Balaban J connectivity index is 1.75. The third kappa shape index (κ3) is 12.3. The van der Waals surface area contributed by atoms with Crippen LogP contribution in [0.4, 0.5) is 5.82 Å². The van der Waals surface area contributed by atoms with E-state index in [1.807, 2.05) is 0 Å². The molecule has 1 fully saturated rings. The van der Waals surface area contributed by atoms with Crippen molar-refractivity contribution < 1.29 is 70.5 Å². The molecule has 1 aliphatic heterocycles. The third-order valence-corrected chi connectivity index (χ3v) is 9.61. The van der Waals surface area contributed by atoms with Crippen LogP contribution < -0.4 is 11.4 Å². The third-order valence-electron chi connectivity index (χ3n) is 5.81. The second kappa shape index (κ2) is 16.9. The summed E-state index contributed by atoms with van der Waals surface area (Å²) in [6, 6.07) is 3.70. The molecule has 28 heteroatoms. The van der Waals surface area contributed by atoms with E-state index < -0.39 is 73.5 Å². The Morgan fingerprint density at radius 2 is 1.86 bits per heavy atom. The first-order chi connectivity index (χ1) is 22.9. The first-order valence-corrected chi connectivity index (χ1v) is 17.4. The Morgan fingerprint density at radius 1 is 1.14 bits per heavy atom. The summed E-state index contributed by atoms with van der Waals surface area (Å²) in [6.45, 7) is -2.27. The Hall–Kier alpha value is -4.32. The summed E-state index contributed by atoms with van der Waals surface area (Å²) >= 11 is 0. The van der Waals surface area contributed by atoms with Crippen molar-refractivity contribution in [3.05, 3.63) is 72.5 Å². The van der Waals surface area contributed by atoms with Crippen LogP contribution in [0.25, 0.3) is 20.9 Å². The van der Waals surface area contributed by atoms with Crippen molar-refractivity contribution in [3.63, 3.8) is 0 Å². The number of phosphoric acid groups is 3. The van der Waals surface area contributed by atoms with Gasteiger partial charge in [-0.25, -0.2) is 23.3 Å². The summed E-state index contributed by atoms with van der Waals surface area (Å²) in [6.07, 6.45) is -2.85. The molecule has 1 aliphatic rings. The molecule has 2 unspecified atom stereocenters. The number of ether oxygens (including phenoxy) is 3. The molecule has 0 radical (unpaired) electrons. The predicted molar refractivity (Wildman–Crippen MR) is 158 cm³/mol. The highest BCUT2D eigenvalue weighted by Gasteiger charge is 2.43. The quantitative estimate of drug-likeness (QED) is 0.0377. The molecular formula is C21H24N9O16P3. The van der Waals surface area contributed by atoms with E-state index in [-0.39, 0.29) is 41.2 Å². The number of nitrogen functional groups attached to an aromatic ring is 1. The van der Waals surface area contributed by atoms with E-state index in [0.717, 1.165) is 10.8 Å². The first-order valence-electron chi connectivity index (χ1n) is 12.9. The lowest BCUT2D eigenvalue weighted by Crippen LogP contribution is -2.29. The van der Waals surface area contributed by atoms with Crippen LogP contribution in [-0.2, 0) is 47.6 Å². The lowest BCUT2D eigenvalue weighted by molar-refractivity contribution is -0.0601. The minimum atomic E-state index is -5.81. The van der Waals surface area contributed by atoms with Crippen molar-refractivity contribution in [2.24, 2.45) is 10.2 Å². The highest BCUT2D eigenvalue weighted by atomic mass is 31.3. The standard InChI is InChI=1S/C21H24N9O16P3/c22-19-12(2-1-5-41-20(32)15-4-3-14(31)6-13(15)8-25-28-23)9-30(21(33)27-19)18-7-16(42-11-26-29-24)17(44-18)10-43-48(37,38)46-49(39,40)45-47(34,35)36/h3-4,6,9,16-18,31H,5,7-8,10-11H2,(H,37,38)(H,39,40)(H2,22,27,33)(H2,34,35,36)/t16-,17-,18-/m1/s1. The maximum absolute atomic E-state index is 12.7. The second-order valence-electron chi connectivity index (χ2n) is 9.15. The second-order valence-corrected chi connectivity index (χ2v) is 13.6. The molecule has 1 aromatic heterocycles. The number of nitrogens with two attached hydrogens (primary N) is 1. The molecule has 0 saturated carbocycles. The van der Waals surface area contributed by atoms with E-state index in [0.29, 0.717) is 0 Å². The van der Waals surface area contributed by atoms with E-state index in [1.54, 1.807) is 0 Å². The Bertz CT molecular complexity index is 1930. The SMILES string of the molecule is [N-]=[N+]=NCO[C@@H]1C[C@H](n2cc(C#CCOC(=O)c3ccc(O)cc3CN=[N+]=[N-])c(N)nc2=O)O[C@@H]1COP(=O)(O)OP(=O)(O)OP(=O)(O)O. The molecule has 7 N–H and O–H groups in total. The van der Waals surface area contributed by atoms with E-state index >= 15 is 0 Å². The number of hydrogen-bond acceptors (Lipinski definition) is 16. The van der Waals surface area contributed by atoms with Gasteiger partial charge in [-0.15, -0.1) is 0 Å². The molecule has 0 aliphatic carbocycles. The number of aromatic nitrogens is 2. The summed E-state index contributed by atoms with van der Waals surface area (Å²) < 4.78 is 63.6. The number of esters is 1. The normalized spacial score (nSPS) is 19.6. The van der Waals surface area contributed by atoms with Gasteiger partial charge in [-0.2, -0.15) is 13.6 Å². The highest BCUT2D eigenvalue weighted by molar-refractivity contribution is 7.66. The Labute approximate surface area is 272 Å². The number of carbonyl (C=O) groups is 1. The molecule has 25 nitrogen and oxygen atoms in total. The Kier molecular flexibility index (Phi) is 13.5. The van der Waals surface area contributed by atoms with Crippen LogP contribution >= 0.6 is 23.5 Å². The van der Waals surface area contributed by atoms with Gasteiger partial charge in [0.25, 0.3) is 0 Å². The van der Waals surface area contributed by atoms with Gasteiger partial charge in [0.15, 0.2) is 6.61 Å². The van der Waals surface area contributed by atoms with E-state index in [4.69, 9.17) is 40.8 Å². The minimum absolute atomic E-state index is 0.000150. The van der Waals surface area contributed by atoms with Gasteiger partial charge in [-0.1, -0.05) is 22.1 Å². The molecule has 2 aromatic rings. The molecule has 0 amide bonds. The van der Waals surface area contributed by atoms with Gasteiger partial charge in [-0.3, -0.25) is 9.09 Å². The maximum Gasteiger partial charge on any atom is 0.490 e. The van der Waals surface area contributed by atoms with Gasteiger partial charge in [-0.05, 0) is 34.8 Å². The zero-order valence-electron chi connectivity index (χ0n) is 24.3. The van der Waals surface area contributed by atoms with Crippen molar-refractivity contribution in [2.45, 2.75) is 31.4 Å². The number of carbonyl (C=O) groups excluding carboxylic acids is 1. The van der Waals surface area contributed by atoms with Crippen LogP contribution in [0, 0.1) is 11.8 Å². The number of aromatic hydroxyl groups is 1. The topological polar surface area (TPSA) is 383 Å². The number of anilines is 1. The fourth-order valence-corrected chi connectivity index (χ4v) is 6.96. The van der Waals surface area contributed by atoms with Gasteiger partial charge in [0, 0.05) is 22.4 Å². The number of hydrogen-bond donors (Lipinski definition) is 6. The van der Waals surface area contributed by atoms with Crippen LogP contribution in [0.2, 0.25) is 0 Å². The zero-order chi connectivity index (χ0) is 36.4. The molecule has 5 atom stereocenters. The van der Waals surface area contributed by atoms with Gasteiger partial charge >= 0.3 is 35.1 Å². The van der Waals surface area contributed by atoms with E-state index in [9.17, 15) is 38.2 Å². The summed E-state index contributed by atoms with van der Waals surface area (Å²) in [5, 5.41) is 16.2. The van der Waals surface area contributed by atoms with Crippen LogP contribution in [0.5, 0.6) is 5.75 Å². The number of rotatable bonds is 15. The Morgan fingerprint density at radius 3 is 2.53 bits per heavy atom. The summed E-state index contributed by atoms with van der Waals surface area (Å²) in [5.74, 6) is 3.71. The van der Waals surface area contributed by atoms with Crippen molar-refractivity contribution in [3.8, 4) is 17.6 Å². The van der Waals surface area contributed by atoms with Gasteiger partial charge in [0.05, 0.1) is 30.4 Å². The predicted octanol–water partition coefficient (Wildman–Crippen LogP) is 1.83. The lowest BCUT2D eigenvalue weighted by atomic mass is 10.1. The van der Waals surface area contributed by atoms with Gasteiger partial charge in [0.1, 0.15) is 30.6 Å². The number of azide groups is 2. The fourth-order valence-electron chi connectivity index (χ4n) is 3.94. The molecule has 49 heavy (non-hydrogen) atoms. The van der Waals surface area contributed by atoms with Gasteiger partial charge < -0.3 is 44.6 Å². The fraction of sp³-hybridized carbons (Fsp3) is 0.381. The number of phenolic OH excluding ortho intramolecular Hbond substituents is 1. The number of benzene rings is 1. The summed E-state index contributed by atoms with van der Waals surface area (Å²) in [5.41, 5.74) is 22.1. The van der Waals surface area contributed by atoms with Crippen molar-refractivity contribution in [1.82, 2.24) is 9.55 Å². The summed E-state index contributed by atoms with van der Waals surface area (Å²) in [4.78, 5) is 70.4. The van der Waals surface area contributed by atoms with Crippen LogP contribution in [0.3, 0.4) is 0 Å². The first kappa shape index (κ1) is 39.1. The molecule has 264 valence electrons. The van der Waals surface area contributed by atoms with Crippen LogP contribution in [0.1, 0.15) is 34.1 Å². The lowest BCUT2D eigenvalue weighted by Gasteiger charge is -2.21. The zero-order valence-corrected chi connectivity index (χ0v) is 27.0. The van der Waals surface area contributed by atoms with Crippen LogP contribution in [0.15, 0.2) is 39.4 Å². The number of phosphoric ester groups is 1. The molecule has 3 rings (SSSR count). The molecule has 1 saturated heterocycles.